The van der Waals surface area contributed by atoms with E-state index in [1.54, 1.807) is 0 Å². The van der Waals surface area contributed by atoms with Gasteiger partial charge in [-0.05, 0) is 25.8 Å². The molecule has 1 rings (SSSR count). The second kappa shape index (κ2) is 6.05. The number of rotatable bonds is 8. The number of hydrogen-bond acceptors (Lipinski definition) is 4. The van der Waals surface area contributed by atoms with Crippen LogP contribution in [0.4, 0.5) is 0 Å². The Bertz CT molecular complexity index is 205. The number of aliphatic hydroxyl groups excluding tert-OH is 1. The highest BCUT2D eigenvalue weighted by molar-refractivity contribution is 5.68. The van der Waals surface area contributed by atoms with Crippen molar-refractivity contribution in [3.63, 3.8) is 0 Å². The Morgan fingerprint density at radius 3 is 2.53 bits per heavy atom. The van der Waals surface area contributed by atoms with E-state index < -0.39 is 5.97 Å². The highest BCUT2D eigenvalue weighted by atomic mass is 16.4. The first-order valence-electron chi connectivity index (χ1n) is 5.47. The molecule has 0 aromatic heterocycles. The van der Waals surface area contributed by atoms with Gasteiger partial charge in [-0.25, -0.2) is 0 Å². The Hall–Kier alpha value is -0.650. The van der Waals surface area contributed by atoms with Crippen LogP contribution >= 0.6 is 0 Å². The van der Waals surface area contributed by atoms with Crippen molar-refractivity contribution in [1.82, 2.24) is 10.6 Å². The van der Waals surface area contributed by atoms with E-state index in [0.717, 1.165) is 38.9 Å². The molecule has 0 radical (unpaired) electrons. The molecule has 0 atom stereocenters. The van der Waals surface area contributed by atoms with Crippen LogP contribution < -0.4 is 10.6 Å². The van der Waals surface area contributed by atoms with Crippen LogP contribution in [0.3, 0.4) is 0 Å². The lowest BCUT2D eigenvalue weighted by Gasteiger charge is -2.42. The summed E-state index contributed by atoms with van der Waals surface area (Å²) < 4.78 is 0. The van der Waals surface area contributed by atoms with Crippen LogP contribution in [0, 0.1) is 0 Å². The number of nitrogens with one attached hydrogen (secondary N) is 2. The van der Waals surface area contributed by atoms with Crippen molar-refractivity contribution in [2.75, 3.05) is 26.2 Å². The normalized spacial score (nSPS) is 18.5. The van der Waals surface area contributed by atoms with Gasteiger partial charge in [0.25, 0.3) is 0 Å². The van der Waals surface area contributed by atoms with Gasteiger partial charge in [-0.1, -0.05) is 0 Å². The van der Waals surface area contributed by atoms with Crippen LogP contribution in [0.5, 0.6) is 0 Å². The van der Waals surface area contributed by atoms with Gasteiger partial charge in [-0.2, -0.15) is 0 Å². The SMILES string of the molecule is O=C(O)CC1(NCCCCCO)CNC1. The van der Waals surface area contributed by atoms with Crippen LogP contribution in [0.25, 0.3) is 0 Å². The summed E-state index contributed by atoms with van der Waals surface area (Å²) in [5, 5.41) is 23.7. The fourth-order valence-corrected chi connectivity index (χ4v) is 1.80. The van der Waals surface area contributed by atoms with Gasteiger partial charge in [0.05, 0.1) is 12.0 Å². The summed E-state index contributed by atoms with van der Waals surface area (Å²) in [6.45, 7) is 2.54. The summed E-state index contributed by atoms with van der Waals surface area (Å²) >= 11 is 0. The maximum Gasteiger partial charge on any atom is 0.305 e. The Labute approximate surface area is 89.9 Å². The van der Waals surface area contributed by atoms with Gasteiger partial charge in [-0.15, -0.1) is 0 Å². The maximum absolute atomic E-state index is 10.6. The molecule has 0 amide bonds. The van der Waals surface area contributed by atoms with Gasteiger partial charge in [0, 0.05) is 19.7 Å². The summed E-state index contributed by atoms with van der Waals surface area (Å²) in [5.74, 6) is -0.751. The molecule has 1 heterocycles. The molecule has 88 valence electrons. The number of carbonyl (C=O) groups is 1. The third kappa shape index (κ3) is 4.15. The second-order valence-corrected chi connectivity index (χ2v) is 4.17. The molecular weight excluding hydrogens is 196 g/mol. The summed E-state index contributed by atoms with van der Waals surface area (Å²) in [6.07, 6.45) is 2.98. The van der Waals surface area contributed by atoms with Crippen molar-refractivity contribution in [3.05, 3.63) is 0 Å². The predicted molar refractivity (Wildman–Crippen MR) is 56.8 cm³/mol. The van der Waals surface area contributed by atoms with E-state index in [0.29, 0.717) is 0 Å². The van der Waals surface area contributed by atoms with E-state index in [1.807, 2.05) is 0 Å². The molecule has 0 aromatic carbocycles. The molecule has 0 spiro atoms. The topological polar surface area (TPSA) is 81.6 Å². The van der Waals surface area contributed by atoms with Crippen LogP contribution in [-0.2, 0) is 4.79 Å². The van der Waals surface area contributed by atoms with E-state index in [2.05, 4.69) is 10.6 Å². The fourth-order valence-electron chi connectivity index (χ4n) is 1.80. The minimum atomic E-state index is -0.751. The number of carboxylic acid groups (broad SMARTS) is 1. The third-order valence-corrected chi connectivity index (χ3v) is 2.75. The van der Waals surface area contributed by atoms with Gasteiger partial charge >= 0.3 is 5.97 Å². The van der Waals surface area contributed by atoms with Crippen molar-refractivity contribution in [2.24, 2.45) is 0 Å². The maximum atomic E-state index is 10.6. The number of carboxylic acids is 1. The van der Waals surface area contributed by atoms with Crippen molar-refractivity contribution in [3.8, 4) is 0 Å². The quantitative estimate of drug-likeness (QED) is 0.413. The molecule has 15 heavy (non-hydrogen) atoms. The summed E-state index contributed by atoms with van der Waals surface area (Å²) in [5.41, 5.74) is -0.231. The summed E-state index contributed by atoms with van der Waals surface area (Å²) in [6, 6.07) is 0. The smallest absolute Gasteiger partial charge is 0.305 e. The number of aliphatic hydroxyl groups is 1. The molecule has 1 aliphatic heterocycles. The Morgan fingerprint density at radius 1 is 1.33 bits per heavy atom. The fraction of sp³-hybridized carbons (Fsp3) is 0.900. The molecule has 0 unspecified atom stereocenters. The van der Waals surface area contributed by atoms with E-state index >= 15 is 0 Å². The Kier molecular flexibility index (Phi) is 5.01. The molecule has 0 saturated carbocycles. The highest BCUT2D eigenvalue weighted by Crippen LogP contribution is 2.15. The summed E-state index contributed by atoms with van der Waals surface area (Å²) in [4.78, 5) is 10.6. The van der Waals surface area contributed by atoms with Gasteiger partial charge < -0.3 is 20.8 Å². The number of aliphatic carboxylic acids is 1. The molecular formula is C10H20N2O3. The lowest BCUT2D eigenvalue weighted by molar-refractivity contribution is -0.139. The van der Waals surface area contributed by atoms with Crippen molar-refractivity contribution < 1.29 is 15.0 Å². The largest absolute Gasteiger partial charge is 0.481 e. The minimum Gasteiger partial charge on any atom is -0.481 e. The zero-order valence-corrected chi connectivity index (χ0v) is 8.96. The van der Waals surface area contributed by atoms with Crippen LogP contribution in [0.1, 0.15) is 25.7 Å². The van der Waals surface area contributed by atoms with E-state index in [4.69, 9.17) is 10.2 Å². The van der Waals surface area contributed by atoms with E-state index in [9.17, 15) is 4.79 Å². The Balaban J connectivity index is 2.13. The first-order valence-corrected chi connectivity index (χ1v) is 5.47. The number of hydrogen-bond donors (Lipinski definition) is 4. The number of unbranched alkanes of at least 4 members (excludes halogenated alkanes) is 2. The van der Waals surface area contributed by atoms with E-state index in [1.165, 1.54) is 0 Å². The summed E-state index contributed by atoms with van der Waals surface area (Å²) in [7, 11) is 0. The van der Waals surface area contributed by atoms with Gasteiger partial charge in [-0.3, -0.25) is 4.79 Å². The average molecular weight is 216 g/mol. The van der Waals surface area contributed by atoms with Crippen LogP contribution in [0.15, 0.2) is 0 Å². The minimum absolute atomic E-state index is 0.181. The molecule has 4 N–H and O–H groups in total. The molecule has 0 bridgehead atoms. The zero-order chi connectivity index (χ0) is 11.1. The molecule has 1 saturated heterocycles. The lowest BCUT2D eigenvalue weighted by Crippen LogP contribution is -2.68. The highest BCUT2D eigenvalue weighted by Gasteiger charge is 2.38. The molecule has 5 heteroatoms. The van der Waals surface area contributed by atoms with Gasteiger partial charge in [0.15, 0.2) is 0 Å². The molecule has 0 aromatic rings. The average Bonchev–Trinajstić information content (AvgIpc) is 2.12. The molecule has 1 fully saturated rings. The Morgan fingerprint density at radius 2 is 2.07 bits per heavy atom. The van der Waals surface area contributed by atoms with Gasteiger partial charge in [0.1, 0.15) is 0 Å². The third-order valence-electron chi connectivity index (χ3n) is 2.75. The van der Waals surface area contributed by atoms with Crippen molar-refractivity contribution in [2.45, 2.75) is 31.2 Å². The second-order valence-electron chi connectivity index (χ2n) is 4.17. The van der Waals surface area contributed by atoms with Gasteiger partial charge in [0.2, 0.25) is 0 Å². The molecule has 0 aliphatic carbocycles. The standard InChI is InChI=1S/C10H20N2O3/c13-5-3-1-2-4-12-10(6-9(14)15)7-11-8-10/h11-13H,1-8H2,(H,14,15). The van der Waals surface area contributed by atoms with Crippen molar-refractivity contribution in [1.29, 1.82) is 0 Å². The zero-order valence-electron chi connectivity index (χ0n) is 8.96. The molecule has 5 nitrogen and oxygen atoms in total. The first-order chi connectivity index (χ1) is 7.18. The predicted octanol–water partition coefficient (Wildman–Crippen LogP) is -0.445. The lowest BCUT2D eigenvalue weighted by atomic mass is 9.88. The van der Waals surface area contributed by atoms with Crippen LogP contribution in [0.2, 0.25) is 0 Å². The first kappa shape index (κ1) is 12.4. The van der Waals surface area contributed by atoms with Crippen molar-refractivity contribution >= 4 is 5.97 Å². The van der Waals surface area contributed by atoms with E-state index in [-0.39, 0.29) is 18.6 Å². The monoisotopic (exact) mass is 216 g/mol. The van der Waals surface area contributed by atoms with Crippen LogP contribution in [-0.4, -0.2) is 48.0 Å². The molecule has 1 aliphatic rings.